The Bertz CT molecular complexity index is 1100. The zero-order chi connectivity index (χ0) is 22.9. The van der Waals surface area contributed by atoms with E-state index in [1.54, 1.807) is 6.21 Å². The molecule has 0 spiro atoms. The molecule has 0 unspecified atom stereocenters. The summed E-state index contributed by atoms with van der Waals surface area (Å²) in [4.78, 5) is 12.1. The van der Waals surface area contributed by atoms with Crippen molar-refractivity contribution in [2.75, 3.05) is 11.9 Å². The zero-order valence-electron chi connectivity index (χ0n) is 18.3. The molecule has 0 radical (unpaired) electrons. The summed E-state index contributed by atoms with van der Waals surface area (Å²) in [5.74, 6) is 1.23. The minimum absolute atomic E-state index is 0.422. The van der Waals surface area contributed by atoms with Crippen LogP contribution < -0.4 is 20.2 Å². The van der Waals surface area contributed by atoms with E-state index in [1.807, 2.05) is 62.4 Å². The number of amides is 2. The number of nitrogens with zero attached hydrogens (tertiary/aromatic N) is 1. The molecule has 32 heavy (non-hydrogen) atoms. The second kappa shape index (κ2) is 11.3. The van der Waals surface area contributed by atoms with E-state index in [-0.39, 0.29) is 0 Å². The Labute approximate surface area is 196 Å². The zero-order valence-corrected chi connectivity index (χ0v) is 19.9. The van der Waals surface area contributed by atoms with Crippen LogP contribution in [0.5, 0.6) is 11.5 Å². The molecule has 0 saturated heterocycles. The van der Waals surface area contributed by atoms with Gasteiger partial charge in [-0.05, 0) is 66.0 Å². The first-order valence-corrected chi connectivity index (χ1v) is 11.1. The van der Waals surface area contributed by atoms with Crippen LogP contribution in [0.2, 0.25) is 0 Å². The van der Waals surface area contributed by atoms with E-state index in [4.69, 9.17) is 9.47 Å². The van der Waals surface area contributed by atoms with Crippen molar-refractivity contribution in [1.29, 1.82) is 0 Å². The summed E-state index contributed by atoms with van der Waals surface area (Å²) in [6.45, 7) is 6.82. The number of halogens is 1. The Balaban J connectivity index is 1.67. The first-order chi connectivity index (χ1) is 15.5. The third kappa shape index (κ3) is 6.59. The van der Waals surface area contributed by atoms with E-state index in [2.05, 4.69) is 50.8 Å². The summed E-state index contributed by atoms with van der Waals surface area (Å²) in [6.07, 6.45) is 1.55. The Hall–Kier alpha value is -3.32. The maximum Gasteiger partial charge on any atom is 0.339 e. The van der Waals surface area contributed by atoms with E-state index >= 15 is 0 Å². The lowest BCUT2D eigenvalue weighted by molar-refractivity contribution is 0.252. The maximum absolute atomic E-state index is 12.1. The van der Waals surface area contributed by atoms with Gasteiger partial charge in [-0.2, -0.15) is 5.10 Å². The average Bonchev–Trinajstić information content (AvgIpc) is 2.77. The Morgan fingerprint density at radius 2 is 1.75 bits per heavy atom. The van der Waals surface area contributed by atoms with Crippen molar-refractivity contribution in [3.63, 3.8) is 0 Å². The topological polar surface area (TPSA) is 72.0 Å². The molecule has 0 fully saturated rings. The molecule has 166 valence electrons. The number of benzene rings is 3. The van der Waals surface area contributed by atoms with Crippen LogP contribution in [0.25, 0.3) is 0 Å². The molecule has 3 aromatic carbocycles. The second-order valence-corrected chi connectivity index (χ2v) is 8.02. The number of hydrogen-bond acceptors (Lipinski definition) is 4. The van der Waals surface area contributed by atoms with Gasteiger partial charge in [0.15, 0.2) is 11.5 Å². The van der Waals surface area contributed by atoms with Crippen molar-refractivity contribution in [1.82, 2.24) is 5.43 Å². The Kier molecular flexibility index (Phi) is 8.27. The fourth-order valence-corrected chi connectivity index (χ4v) is 3.32. The van der Waals surface area contributed by atoms with Crippen LogP contribution in [0, 0.1) is 13.8 Å². The number of rotatable bonds is 8. The molecule has 0 aliphatic carbocycles. The van der Waals surface area contributed by atoms with Crippen LogP contribution in [0.3, 0.4) is 0 Å². The molecule has 3 aromatic rings. The van der Waals surface area contributed by atoms with Crippen molar-refractivity contribution >= 4 is 33.9 Å². The third-order valence-electron chi connectivity index (χ3n) is 4.64. The SMILES string of the molecule is CCOc1cc(C=NNC(=O)Nc2ccccc2C)c(Br)cc1OCc1ccc(C)cc1. The number of ether oxygens (including phenoxy) is 2. The van der Waals surface area contributed by atoms with Crippen LogP contribution in [0.15, 0.2) is 70.2 Å². The van der Waals surface area contributed by atoms with Gasteiger partial charge in [0.05, 0.1) is 12.8 Å². The number of anilines is 1. The minimum Gasteiger partial charge on any atom is -0.490 e. The summed E-state index contributed by atoms with van der Waals surface area (Å²) >= 11 is 3.54. The van der Waals surface area contributed by atoms with Crippen LogP contribution >= 0.6 is 15.9 Å². The molecule has 0 heterocycles. The largest absolute Gasteiger partial charge is 0.490 e. The molecule has 7 heteroatoms. The minimum atomic E-state index is -0.422. The van der Waals surface area contributed by atoms with Crippen molar-refractivity contribution in [3.8, 4) is 11.5 Å². The van der Waals surface area contributed by atoms with Crippen molar-refractivity contribution in [2.24, 2.45) is 5.10 Å². The highest BCUT2D eigenvalue weighted by Crippen LogP contribution is 2.33. The summed E-state index contributed by atoms with van der Waals surface area (Å²) < 4.78 is 12.5. The van der Waals surface area contributed by atoms with Gasteiger partial charge in [-0.3, -0.25) is 0 Å². The molecular weight excluding hydrogens is 470 g/mol. The van der Waals surface area contributed by atoms with Crippen LogP contribution in [0.4, 0.5) is 10.5 Å². The molecule has 0 aromatic heterocycles. The van der Waals surface area contributed by atoms with Gasteiger partial charge in [-0.25, -0.2) is 10.2 Å². The van der Waals surface area contributed by atoms with Crippen molar-refractivity contribution in [2.45, 2.75) is 27.4 Å². The molecule has 6 nitrogen and oxygen atoms in total. The number of para-hydroxylation sites is 1. The first kappa shape index (κ1) is 23.3. The highest BCUT2D eigenvalue weighted by molar-refractivity contribution is 9.10. The summed E-state index contributed by atoms with van der Waals surface area (Å²) in [5.41, 5.74) is 7.20. The molecule has 0 aliphatic heterocycles. The quantitative estimate of drug-likeness (QED) is 0.288. The fraction of sp³-hybridized carbons (Fsp3) is 0.200. The van der Waals surface area contributed by atoms with E-state index in [0.717, 1.165) is 26.9 Å². The highest BCUT2D eigenvalue weighted by Gasteiger charge is 2.11. The second-order valence-electron chi connectivity index (χ2n) is 7.17. The van der Waals surface area contributed by atoms with Crippen LogP contribution in [0.1, 0.15) is 29.2 Å². The molecule has 3 rings (SSSR count). The summed E-state index contributed by atoms with van der Waals surface area (Å²) in [5, 5.41) is 6.81. The van der Waals surface area contributed by atoms with Crippen molar-refractivity contribution in [3.05, 3.63) is 87.4 Å². The molecule has 0 bridgehead atoms. The van der Waals surface area contributed by atoms with E-state index < -0.39 is 6.03 Å². The number of carbonyl (C=O) groups excluding carboxylic acids is 1. The molecular formula is C25H26BrN3O3. The van der Waals surface area contributed by atoms with Gasteiger partial charge < -0.3 is 14.8 Å². The molecule has 0 saturated carbocycles. The predicted molar refractivity (Wildman–Crippen MR) is 132 cm³/mol. The third-order valence-corrected chi connectivity index (χ3v) is 5.33. The van der Waals surface area contributed by atoms with Crippen LogP contribution in [-0.2, 0) is 6.61 Å². The fourth-order valence-electron chi connectivity index (χ4n) is 2.90. The Morgan fingerprint density at radius 1 is 1.03 bits per heavy atom. The summed E-state index contributed by atoms with van der Waals surface area (Å²) in [7, 11) is 0. The molecule has 2 N–H and O–H groups in total. The monoisotopic (exact) mass is 495 g/mol. The number of urea groups is 1. The maximum atomic E-state index is 12.1. The summed E-state index contributed by atoms with van der Waals surface area (Å²) in [6, 6.07) is 19.0. The number of hydrogen-bond donors (Lipinski definition) is 2. The van der Waals surface area contributed by atoms with Gasteiger partial charge in [-0.1, -0.05) is 48.0 Å². The van der Waals surface area contributed by atoms with Crippen LogP contribution in [-0.4, -0.2) is 18.9 Å². The highest BCUT2D eigenvalue weighted by atomic mass is 79.9. The Morgan fingerprint density at radius 3 is 2.47 bits per heavy atom. The predicted octanol–water partition coefficient (Wildman–Crippen LogP) is 6.20. The standard InChI is InChI=1S/C25H26BrN3O3/c1-4-31-23-13-20(15-27-29-25(30)28-22-8-6-5-7-18(22)3)21(26)14-24(23)32-16-19-11-9-17(2)10-12-19/h5-15H,4,16H2,1-3H3,(H2,28,29,30). The number of hydrazone groups is 1. The van der Waals surface area contributed by atoms with Gasteiger partial charge in [0, 0.05) is 15.7 Å². The van der Waals surface area contributed by atoms with E-state index in [1.165, 1.54) is 5.56 Å². The number of nitrogens with one attached hydrogen (secondary N) is 2. The van der Waals surface area contributed by atoms with Crippen molar-refractivity contribution < 1.29 is 14.3 Å². The lowest BCUT2D eigenvalue weighted by Gasteiger charge is -2.14. The lowest BCUT2D eigenvalue weighted by atomic mass is 10.2. The molecule has 0 aliphatic rings. The number of aryl methyl sites for hydroxylation is 2. The molecule has 0 atom stereocenters. The van der Waals surface area contributed by atoms with Gasteiger partial charge in [0.2, 0.25) is 0 Å². The smallest absolute Gasteiger partial charge is 0.339 e. The number of carbonyl (C=O) groups is 1. The first-order valence-electron chi connectivity index (χ1n) is 10.3. The molecule has 2 amide bonds. The normalized spacial score (nSPS) is 10.8. The van der Waals surface area contributed by atoms with Gasteiger partial charge >= 0.3 is 6.03 Å². The lowest BCUT2D eigenvalue weighted by Crippen LogP contribution is -2.24. The van der Waals surface area contributed by atoms with E-state index in [9.17, 15) is 4.79 Å². The van der Waals surface area contributed by atoms with Gasteiger partial charge in [0.1, 0.15) is 6.61 Å². The van der Waals surface area contributed by atoms with E-state index in [0.29, 0.717) is 24.7 Å². The van der Waals surface area contributed by atoms with Gasteiger partial charge in [-0.15, -0.1) is 0 Å². The van der Waals surface area contributed by atoms with Gasteiger partial charge in [0.25, 0.3) is 0 Å². The average molecular weight is 496 g/mol.